The third-order valence-electron chi connectivity index (χ3n) is 12.9. The summed E-state index contributed by atoms with van der Waals surface area (Å²) in [6, 6.07) is -0.891. The number of unbranched alkanes of at least 4 members (excludes halogenated alkanes) is 22. The van der Waals surface area contributed by atoms with Gasteiger partial charge >= 0.3 is 13.8 Å². The standard InChI is InChI=1S/C66H115N2O7P/c1-7-10-13-16-19-22-25-28-30-32-33-34-35-37-39-41-44-47-50-53-56-59-66(70)75-64(57-54-51-48-45-42-27-24-21-18-15-12-9-3)63(62-74-76(71,72)73-61-60-68(4,5)6)67-65(69)58-55-52-49-46-43-40-38-36-31-29-26-23-20-17-14-11-8-2/h19-20,22-23,28-31,33-34,37-40,46,49,54,57,63-64H,7-18,21,24-27,32,35-36,41-45,47-48,50-53,55-56,58-62H2,1-6H3,(H-,67,69,71,72)/p+1/b22-19-,23-20-,30-28-,31-29-,34-33-,39-37-,40-38-,49-46-,57-54+. The van der Waals surface area contributed by atoms with Gasteiger partial charge in [0.1, 0.15) is 19.3 Å². The van der Waals surface area contributed by atoms with Crippen LogP contribution in [0.3, 0.4) is 0 Å². The first-order valence-corrected chi connectivity index (χ1v) is 32.2. The fourth-order valence-electron chi connectivity index (χ4n) is 8.15. The van der Waals surface area contributed by atoms with E-state index in [-0.39, 0.29) is 37.9 Å². The lowest BCUT2D eigenvalue weighted by Gasteiger charge is -2.27. The van der Waals surface area contributed by atoms with Crippen molar-refractivity contribution >= 4 is 19.7 Å². The van der Waals surface area contributed by atoms with Crippen molar-refractivity contribution in [3.63, 3.8) is 0 Å². The van der Waals surface area contributed by atoms with Crippen LogP contribution in [0.2, 0.25) is 0 Å². The second-order valence-electron chi connectivity index (χ2n) is 21.5. The molecule has 436 valence electrons. The lowest BCUT2D eigenvalue weighted by atomic mass is 10.1. The predicted octanol–water partition coefficient (Wildman–Crippen LogP) is 18.9. The van der Waals surface area contributed by atoms with E-state index in [0.29, 0.717) is 23.9 Å². The summed E-state index contributed by atoms with van der Waals surface area (Å²) in [6.07, 6.45) is 75.2. The van der Waals surface area contributed by atoms with Crippen molar-refractivity contribution < 1.29 is 37.3 Å². The molecule has 76 heavy (non-hydrogen) atoms. The van der Waals surface area contributed by atoms with E-state index < -0.39 is 20.0 Å². The number of rotatable bonds is 54. The van der Waals surface area contributed by atoms with Crippen LogP contribution in [-0.4, -0.2) is 74.3 Å². The molecule has 2 N–H and O–H groups in total. The average Bonchev–Trinajstić information content (AvgIpc) is 3.38. The number of phosphoric ester groups is 1. The highest BCUT2D eigenvalue weighted by molar-refractivity contribution is 7.47. The van der Waals surface area contributed by atoms with Crippen LogP contribution in [0.25, 0.3) is 0 Å². The van der Waals surface area contributed by atoms with Gasteiger partial charge in [0.2, 0.25) is 5.91 Å². The van der Waals surface area contributed by atoms with Gasteiger partial charge in [0.15, 0.2) is 0 Å². The van der Waals surface area contributed by atoms with Gasteiger partial charge in [0.25, 0.3) is 0 Å². The maximum atomic E-state index is 13.5. The molecule has 0 saturated carbocycles. The van der Waals surface area contributed by atoms with Gasteiger partial charge in [-0.1, -0.05) is 227 Å². The summed E-state index contributed by atoms with van der Waals surface area (Å²) in [5.41, 5.74) is 0. The number of nitrogens with one attached hydrogen (secondary N) is 1. The molecule has 9 nitrogen and oxygen atoms in total. The number of hydrogen-bond acceptors (Lipinski definition) is 6. The Morgan fingerprint density at radius 1 is 0.461 bits per heavy atom. The lowest BCUT2D eigenvalue weighted by molar-refractivity contribution is -0.870. The minimum atomic E-state index is -4.47. The Balaban J connectivity index is 5.40. The molecule has 0 fully saturated rings. The van der Waals surface area contributed by atoms with Crippen molar-refractivity contribution in [3.8, 4) is 0 Å². The summed E-state index contributed by atoms with van der Waals surface area (Å²) >= 11 is 0. The van der Waals surface area contributed by atoms with Crippen LogP contribution in [0.1, 0.15) is 245 Å². The Morgan fingerprint density at radius 3 is 1.25 bits per heavy atom. The van der Waals surface area contributed by atoms with E-state index in [0.717, 1.165) is 96.3 Å². The Kier molecular flexibility index (Phi) is 52.6. The quantitative estimate of drug-likeness (QED) is 0.0205. The number of hydrogen-bond donors (Lipinski definition) is 2. The van der Waals surface area contributed by atoms with E-state index in [1.54, 1.807) is 0 Å². The van der Waals surface area contributed by atoms with Crippen LogP contribution >= 0.6 is 7.82 Å². The number of amides is 1. The summed E-state index contributed by atoms with van der Waals surface area (Å²) in [5, 5.41) is 3.01. The molecular weight excluding hydrogens is 964 g/mol. The number of esters is 1. The van der Waals surface area contributed by atoms with Crippen LogP contribution in [0.15, 0.2) is 109 Å². The Hall–Kier alpha value is -3.33. The summed E-state index contributed by atoms with van der Waals surface area (Å²) in [7, 11) is 1.44. The van der Waals surface area contributed by atoms with Crippen molar-refractivity contribution in [2.24, 2.45) is 0 Å². The number of phosphoric acid groups is 1. The van der Waals surface area contributed by atoms with Gasteiger partial charge in [-0.2, -0.15) is 0 Å². The first kappa shape index (κ1) is 72.7. The van der Waals surface area contributed by atoms with Crippen LogP contribution < -0.4 is 5.32 Å². The molecule has 0 bridgehead atoms. The zero-order valence-electron chi connectivity index (χ0n) is 49.7. The van der Waals surface area contributed by atoms with Gasteiger partial charge in [-0.3, -0.25) is 18.6 Å². The summed E-state index contributed by atoms with van der Waals surface area (Å²) in [5.74, 6) is -0.598. The topological polar surface area (TPSA) is 111 Å². The first-order chi connectivity index (χ1) is 36.9. The van der Waals surface area contributed by atoms with Gasteiger partial charge in [0, 0.05) is 12.8 Å². The zero-order chi connectivity index (χ0) is 55.7. The van der Waals surface area contributed by atoms with Crippen molar-refractivity contribution in [1.82, 2.24) is 5.32 Å². The van der Waals surface area contributed by atoms with Crippen molar-refractivity contribution in [2.75, 3.05) is 40.9 Å². The third kappa shape index (κ3) is 55.4. The van der Waals surface area contributed by atoms with E-state index in [4.69, 9.17) is 13.8 Å². The molecule has 0 aliphatic carbocycles. The van der Waals surface area contributed by atoms with E-state index in [9.17, 15) is 19.0 Å². The molecule has 0 saturated heterocycles. The smallest absolute Gasteiger partial charge is 0.456 e. The second-order valence-corrected chi connectivity index (χ2v) is 23.0. The van der Waals surface area contributed by atoms with E-state index >= 15 is 0 Å². The van der Waals surface area contributed by atoms with Gasteiger partial charge in [-0.15, -0.1) is 0 Å². The molecule has 0 radical (unpaired) electrons. The number of likely N-dealkylation sites (N-methyl/N-ethyl adjacent to an activating group) is 1. The normalized spacial score (nSPS) is 14.5. The molecule has 0 heterocycles. The molecule has 10 heteroatoms. The van der Waals surface area contributed by atoms with Gasteiger partial charge in [0.05, 0.1) is 33.8 Å². The fraction of sp³-hybridized carbons (Fsp3) is 0.697. The van der Waals surface area contributed by atoms with Crippen LogP contribution in [0, 0.1) is 0 Å². The van der Waals surface area contributed by atoms with E-state index in [1.807, 2.05) is 33.3 Å². The van der Waals surface area contributed by atoms with Gasteiger partial charge in [-0.25, -0.2) is 4.57 Å². The number of carbonyl (C=O) groups excluding carboxylic acids is 2. The summed E-state index contributed by atoms with van der Waals surface area (Å²) in [6.45, 7) is 6.88. The number of carbonyl (C=O) groups is 2. The Morgan fingerprint density at radius 2 is 0.816 bits per heavy atom. The minimum Gasteiger partial charge on any atom is -0.456 e. The largest absolute Gasteiger partial charge is 0.472 e. The molecule has 0 rings (SSSR count). The predicted molar refractivity (Wildman–Crippen MR) is 327 cm³/mol. The summed E-state index contributed by atoms with van der Waals surface area (Å²) < 4.78 is 30.6. The number of nitrogens with zero attached hydrogens (tertiary/aromatic N) is 1. The minimum absolute atomic E-state index is 0.0213. The van der Waals surface area contributed by atoms with Crippen LogP contribution in [0.5, 0.6) is 0 Å². The molecule has 0 aromatic rings. The van der Waals surface area contributed by atoms with Crippen molar-refractivity contribution in [2.45, 2.75) is 258 Å². The molecular formula is C66H116N2O7P+. The maximum Gasteiger partial charge on any atom is 0.472 e. The second kappa shape index (κ2) is 55.0. The molecule has 1 amide bonds. The molecule has 0 aliphatic heterocycles. The SMILES string of the molecule is CCCCC/C=C\C/C=C\C/C=C\C/C=C\CCCCCCCC(=O)OC(/C=C/CCCCCCCCCCCC)C(COP(=O)(O)OCC[N+](C)(C)C)NC(=O)CCC/C=C\C/C=C\C/C=C\C/C=C\CCCCC. The highest BCUT2D eigenvalue weighted by atomic mass is 31.2. The number of quaternary nitrogens is 1. The maximum absolute atomic E-state index is 13.5. The molecule has 3 unspecified atom stereocenters. The molecule has 0 aromatic heterocycles. The molecule has 0 aromatic carbocycles. The van der Waals surface area contributed by atoms with E-state index in [1.165, 1.54) is 103 Å². The Bertz CT molecular complexity index is 1670. The highest BCUT2D eigenvalue weighted by Crippen LogP contribution is 2.43. The van der Waals surface area contributed by atoms with Gasteiger partial charge < -0.3 is 19.4 Å². The Labute approximate surface area is 468 Å². The molecule has 0 spiro atoms. The lowest BCUT2D eigenvalue weighted by Crippen LogP contribution is -2.47. The van der Waals surface area contributed by atoms with Crippen LogP contribution in [-0.2, 0) is 27.9 Å². The third-order valence-corrected chi connectivity index (χ3v) is 13.9. The first-order valence-electron chi connectivity index (χ1n) is 30.7. The van der Waals surface area contributed by atoms with E-state index in [2.05, 4.69) is 123 Å². The fourth-order valence-corrected chi connectivity index (χ4v) is 8.89. The van der Waals surface area contributed by atoms with Crippen molar-refractivity contribution in [3.05, 3.63) is 109 Å². The number of ether oxygens (including phenoxy) is 1. The average molecular weight is 1080 g/mol. The molecule has 0 aliphatic rings. The van der Waals surface area contributed by atoms with Crippen molar-refractivity contribution in [1.29, 1.82) is 0 Å². The summed E-state index contributed by atoms with van der Waals surface area (Å²) in [4.78, 5) is 37.7. The monoisotopic (exact) mass is 1080 g/mol. The molecule has 3 atom stereocenters. The zero-order valence-corrected chi connectivity index (χ0v) is 50.6. The van der Waals surface area contributed by atoms with Crippen LogP contribution in [0.4, 0.5) is 0 Å². The van der Waals surface area contributed by atoms with Gasteiger partial charge in [-0.05, 0) is 115 Å². The highest BCUT2D eigenvalue weighted by Gasteiger charge is 2.30. The number of allylic oxidation sites excluding steroid dienone is 17.